The van der Waals surface area contributed by atoms with Gasteiger partial charge in [-0.2, -0.15) is 0 Å². The summed E-state index contributed by atoms with van der Waals surface area (Å²) in [7, 11) is 0. The van der Waals surface area contributed by atoms with E-state index in [-0.39, 0.29) is 12.6 Å². The van der Waals surface area contributed by atoms with Crippen LogP contribution in [0.1, 0.15) is 15.9 Å². The Bertz CT molecular complexity index is 1010. The van der Waals surface area contributed by atoms with Gasteiger partial charge in [-0.25, -0.2) is 0 Å². The maximum atomic E-state index is 12.8. The van der Waals surface area contributed by atoms with Gasteiger partial charge in [0.1, 0.15) is 0 Å². The number of para-hydroxylation sites is 1. The van der Waals surface area contributed by atoms with Crippen LogP contribution in [0, 0.1) is 0 Å². The summed E-state index contributed by atoms with van der Waals surface area (Å²) in [5.74, 6) is 1.31. The third-order valence-corrected chi connectivity index (χ3v) is 4.29. The molecule has 5 nitrogen and oxygen atoms in total. The normalized spacial score (nSPS) is 11.7. The smallest absolute Gasteiger partial charge is 0.231 e. The molecule has 0 spiro atoms. The quantitative estimate of drug-likeness (QED) is 0.518. The van der Waals surface area contributed by atoms with Gasteiger partial charge in [0.2, 0.25) is 6.79 Å². The number of anilines is 2. The molecule has 134 valence electrons. The van der Waals surface area contributed by atoms with E-state index in [0.29, 0.717) is 33.4 Å². The Balaban J connectivity index is 1.51. The highest BCUT2D eigenvalue weighted by atomic mass is 32.1. The van der Waals surface area contributed by atoms with E-state index in [1.807, 2.05) is 54.6 Å². The second-order valence-corrected chi connectivity index (χ2v) is 6.30. The number of benzene rings is 3. The SMILES string of the molecule is O=C(c1ccccc1)c1ccccc1NC(=S)Nc1ccc2c(c1)OCO2. The molecular formula is C21H16N2O3S. The van der Waals surface area contributed by atoms with Crippen molar-refractivity contribution < 1.29 is 14.3 Å². The van der Waals surface area contributed by atoms with Gasteiger partial charge >= 0.3 is 0 Å². The Morgan fingerprint density at radius 3 is 2.44 bits per heavy atom. The average Bonchev–Trinajstić information content (AvgIpc) is 3.16. The molecule has 1 aliphatic heterocycles. The van der Waals surface area contributed by atoms with Gasteiger partial charge in [0.25, 0.3) is 0 Å². The van der Waals surface area contributed by atoms with Crippen molar-refractivity contribution in [1.29, 1.82) is 0 Å². The number of hydrogen-bond acceptors (Lipinski definition) is 4. The van der Waals surface area contributed by atoms with Crippen molar-refractivity contribution in [3.05, 3.63) is 83.9 Å². The van der Waals surface area contributed by atoms with Gasteiger partial charge in [0.15, 0.2) is 22.4 Å². The summed E-state index contributed by atoms with van der Waals surface area (Å²) in [5.41, 5.74) is 2.59. The first-order valence-electron chi connectivity index (χ1n) is 8.37. The standard InChI is InChI=1S/C21H16N2O3S/c24-20(14-6-2-1-3-7-14)16-8-4-5-9-17(16)23-21(27)22-15-10-11-18-19(12-15)26-13-25-18/h1-12H,13H2,(H2,22,23,27). The van der Waals surface area contributed by atoms with Crippen molar-refractivity contribution in [1.82, 2.24) is 0 Å². The van der Waals surface area contributed by atoms with Crippen LogP contribution in [0.5, 0.6) is 11.5 Å². The minimum atomic E-state index is -0.0652. The van der Waals surface area contributed by atoms with Crippen molar-refractivity contribution in [2.75, 3.05) is 17.4 Å². The Morgan fingerprint density at radius 2 is 1.59 bits per heavy atom. The predicted molar refractivity (Wildman–Crippen MR) is 109 cm³/mol. The Labute approximate surface area is 161 Å². The molecule has 6 heteroatoms. The van der Waals surface area contributed by atoms with Crippen LogP contribution in [0.4, 0.5) is 11.4 Å². The van der Waals surface area contributed by atoms with Gasteiger partial charge < -0.3 is 20.1 Å². The summed E-state index contributed by atoms with van der Waals surface area (Å²) in [6.45, 7) is 0.219. The monoisotopic (exact) mass is 376 g/mol. The van der Waals surface area contributed by atoms with Crippen LogP contribution in [0.3, 0.4) is 0 Å². The molecule has 1 aliphatic rings. The van der Waals surface area contributed by atoms with E-state index < -0.39 is 0 Å². The van der Waals surface area contributed by atoms with Gasteiger partial charge in [0.05, 0.1) is 5.69 Å². The third kappa shape index (κ3) is 3.75. The minimum Gasteiger partial charge on any atom is -0.454 e. The average molecular weight is 376 g/mol. The fourth-order valence-electron chi connectivity index (χ4n) is 2.79. The lowest BCUT2D eigenvalue weighted by molar-refractivity contribution is 0.103. The molecule has 2 N–H and O–H groups in total. The predicted octanol–water partition coefficient (Wildman–Crippen LogP) is 4.46. The van der Waals surface area contributed by atoms with Crippen LogP contribution in [-0.4, -0.2) is 17.7 Å². The number of fused-ring (bicyclic) bond motifs is 1. The summed E-state index contributed by atoms with van der Waals surface area (Å²) < 4.78 is 10.7. The Kier molecular flexibility index (Phi) is 4.72. The van der Waals surface area contributed by atoms with Crippen LogP contribution >= 0.6 is 12.2 Å². The van der Waals surface area contributed by atoms with E-state index in [9.17, 15) is 4.79 Å². The number of nitrogens with one attached hydrogen (secondary N) is 2. The van der Waals surface area contributed by atoms with Gasteiger partial charge in [0, 0.05) is 22.9 Å². The highest BCUT2D eigenvalue weighted by molar-refractivity contribution is 7.80. The molecule has 27 heavy (non-hydrogen) atoms. The number of hydrogen-bond donors (Lipinski definition) is 2. The lowest BCUT2D eigenvalue weighted by Crippen LogP contribution is -2.20. The van der Waals surface area contributed by atoms with E-state index in [2.05, 4.69) is 10.6 Å². The van der Waals surface area contributed by atoms with Gasteiger partial charge in [-0.3, -0.25) is 4.79 Å². The molecule has 0 amide bonds. The topological polar surface area (TPSA) is 59.6 Å². The number of carbonyl (C=O) groups excluding carboxylic acids is 1. The number of ether oxygens (including phenoxy) is 2. The third-order valence-electron chi connectivity index (χ3n) is 4.09. The Hall–Kier alpha value is -3.38. The van der Waals surface area contributed by atoms with Crippen LogP contribution in [0.25, 0.3) is 0 Å². The zero-order valence-corrected chi connectivity index (χ0v) is 15.1. The maximum absolute atomic E-state index is 12.8. The van der Waals surface area contributed by atoms with Crippen molar-refractivity contribution in [3.8, 4) is 11.5 Å². The number of rotatable bonds is 4. The zero-order chi connectivity index (χ0) is 18.6. The summed E-state index contributed by atoms with van der Waals surface area (Å²) in [4.78, 5) is 12.8. The summed E-state index contributed by atoms with van der Waals surface area (Å²) in [5, 5.41) is 6.58. The fraction of sp³-hybridized carbons (Fsp3) is 0.0476. The molecule has 0 fully saturated rings. The van der Waals surface area contributed by atoms with Crippen molar-refractivity contribution in [2.45, 2.75) is 0 Å². The van der Waals surface area contributed by atoms with Crippen LogP contribution in [0.2, 0.25) is 0 Å². The summed E-state index contributed by atoms with van der Waals surface area (Å²) >= 11 is 5.40. The van der Waals surface area contributed by atoms with E-state index in [4.69, 9.17) is 21.7 Å². The first-order chi connectivity index (χ1) is 13.2. The molecule has 0 aliphatic carbocycles. The lowest BCUT2D eigenvalue weighted by Gasteiger charge is -2.14. The first-order valence-corrected chi connectivity index (χ1v) is 8.78. The number of carbonyl (C=O) groups is 1. The van der Waals surface area contributed by atoms with Gasteiger partial charge in [-0.05, 0) is 36.5 Å². The van der Waals surface area contributed by atoms with Crippen molar-refractivity contribution in [2.24, 2.45) is 0 Å². The van der Waals surface area contributed by atoms with Crippen molar-refractivity contribution >= 4 is 34.5 Å². The minimum absolute atomic E-state index is 0.0652. The molecule has 0 atom stereocenters. The number of ketones is 1. The summed E-state index contributed by atoms with van der Waals surface area (Å²) in [6.07, 6.45) is 0. The van der Waals surface area contributed by atoms with Gasteiger partial charge in [-0.15, -0.1) is 0 Å². The molecule has 0 saturated carbocycles. The molecule has 0 unspecified atom stereocenters. The molecule has 1 heterocycles. The molecular weight excluding hydrogens is 360 g/mol. The Morgan fingerprint density at radius 1 is 0.852 bits per heavy atom. The lowest BCUT2D eigenvalue weighted by atomic mass is 10.0. The van der Waals surface area contributed by atoms with Gasteiger partial charge in [-0.1, -0.05) is 42.5 Å². The fourth-order valence-corrected chi connectivity index (χ4v) is 3.02. The maximum Gasteiger partial charge on any atom is 0.231 e. The molecule has 0 bridgehead atoms. The molecule has 4 rings (SSSR count). The van der Waals surface area contributed by atoms with Crippen LogP contribution in [-0.2, 0) is 0 Å². The van der Waals surface area contributed by atoms with Crippen LogP contribution in [0.15, 0.2) is 72.8 Å². The summed E-state index contributed by atoms with van der Waals surface area (Å²) in [6, 6.07) is 21.9. The highest BCUT2D eigenvalue weighted by Gasteiger charge is 2.15. The zero-order valence-electron chi connectivity index (χ0n) is 14.3. The second-order valence-electron chi connectivity index (χ2n) is 5.89. The second kappa shape index (κ2) is 7.47. The van der Waals surface area contributed by atoms with E-state index in [1.165, 1.54) is 0 Å². The highest BCUT2D eigenvalue weighted by Crippen LogP contribution is 2.34. The molecule has 0 aromatic heterocycles. The molecule has 0 radical (unpaired) electrons. The molecule has 3 aromatic carbocycles. The van der Waals surface area contributed by atoms with E-state index >= 15 is 0 Å². The molecule has 3 aromatic rings. The van der Waals surface area contributed by atoms with Crippen molar-refractivity contribution in [3.63, 3.8) is 0 Å². The van der Waals surface area contributed by atoms with E-state index in [0.717, 1.165) is 5.69 Å². The largest absolute Gasteiger partial charge is 0.454 e. The number of thiocarbonyl (C=S) groups is 1. The van der Waals surface area contributed by atoms with Crippen LogP contribution < -0.4 is 20.1 Å². The first kappa shape index (κ1) is 17.1. The molecule has 0 saturated heterocycles. The van der Waals surface area contributed by atoms with E-state index in [1.54, 1.807) is 18.2 Å².